The number of nitrogens with one attached hydrogen (secondary N) is 1. The van der Waals surface area contributed by atoms with Crippen LogP contribution in [0.25, 0.3) is 0 Å². The SMILES string of the molecule is CSc1ccccc1NC(=O)[C@H]1O[C@H]2OC(C)(C)O[C@@H]2[C@@H]2OC(C)(C)O[C@H]21. The molecule has 3 aliphatic heterocycles. The molecule has 8 heteroatoms. The molecule has 7 nitrogen and oxygen atoms in total. The fraction of sp³-hybridized carbons (Fsp3) is 0.632. The van der Waals surface area contributed by atoms with Gasteiger partial charge in [-0.25, -0.2) is 0 Å². The summed E-state index contributed by atoms with van der Waals surface area (Å²) in [6.07, 6.45) is -1.08. The third-order valence-corrected chi connectivity index (χ3v) is 5.57. The second-order valence-corrected chi connectivity index (χ2v) is 8.63. The normalized spacial score (nSPS) is 36.1. The molecule has 0 aromatic heterocycles. The lowest BCUT2D eigenvalue weighted by molar-refractivity contribution is -0.229. The summed E-state index contributed by atoms with van der Waals surface area (Å²) < 4.78 is 29.8. The fourth-order valence-corrected chi connectivity index (χ4v) is 4.33. The molecule has 1 aromatic rings. The van der Waals surface area contributed by atoms with E-state index in [9.17, 15) is 4.79 Å². The van der Waals surface area contributed by atoms with Gasteiger partial charge in [0.2, 0.25) is 0 Å². The van der Waals surface area contributed by atoms with Gasteiger partial charge in [-0.1, -0.05) is 12.1 Å². The van der Waals surface area contributed by atoms with Gasteiger partial charge in [0.25, 0.3) is 5.91 Å². The molecule has 3 aliphatic rings. The zero-order chi connectivity index (χ0) is 19.4. The number of fused-ring (bicyclic) bond motifs is 3. The molecule has 0 spiro atoms. The highest BCUT2D eigenvalue weighted by molar-refractivity contribution is 7.98. The number of thioether (sulfide) groups is 1. The second kappa shape index (κ2) is 6.72. The van der Waals surface area contributed by atoms with Crippen LogP contribution in [-0.2, 0) is 28.5 Å². The summed E-state index contributed by atoms with van der Waals surface area (Å²) >= 11 is 1.56. The highest BCUT2D eigenvalue weighted by Crippen LogP contribution is 2.44. The molecule has 0 saturated carbocycles. The number of carbonyl (C=O) groups is 1. The predicted octanol–water partition coefficient (Wildman–Crippen LogP) is 2.74. The molecular formula is C19H25NO6S. The molecule has 1 amide bonds. The molecule has 0 aliphatic carbocycles. The Morgan fingerprint density at radius 3 is 2.33 bits per heavy atom. The molecule has 0 radical (unpaired) electrons. The van der Waals surface area contributed by atoms with Gasteiger partial charge in [0.05, 0.1) is 5.69 Å². The monoisotopic (exact) mass is 395 g/mol. The maximum atomic E-state index is 13.1. The summed E-state index contributed by atoms with van der Waals surface area (Å²) in [5, 5.41) is 2.96. The van der Waals surface area contributed by atoms with Crippen molar-refractivity contribution in [3.63, 3.8) is 0 Å². The van der Waals surface area contributed by atoms with Crippen LogP contribution in [-0.4, -0.2) is 54.4 Å². The highest BCUT2D eigenvalue weighted by atomic mass is 32.2. The summed E-state index contributed by atoms with van der Waals surface area (Å²) in [6, 6.07) is 7.63. The van der Waals surface area contributed by atoms with Gasteiger partial charge in [0, 0.05) is 4.90 Å². The van der Waals surface area contributed by atoms with E-state index in [1.165, 1.54) is 0 Å². The number of para-hydroxylation sites is 1. The Balaban J connectivity index is 1.59. The van der Waals surface area contributed by atoms with Gasteiger partial charge >= 0.3 is 0 Å². The second-order valence-electron chi connectivity index (χ2n) is 7.78. The van der Waals surface area contributed by atoms with E-state index in [0.29, 0.717) is 0 Å². The fourth-order valence-electron chi connectivity index (χ4n) is 3.78. The van der Waals surface area contributed by atoms with Crippen molar-refractivity contribution in [1.29, 1.82) is 0 Å². The number of benzene rings is 1. The maximum absolute atomic E-state index is 13.1. The number of anilines is 1. The Bertz CT molecular complexity index is 739. The van der Waals surface area contributed by atoms with Gasteiger partial charge in [0.15, 0.2) is 24.0 Å². The average Bonchev–Trinajstić information content (AvgIpc) is 3.08. The first-order valence-electron chi connectivity index (χ1n) is 9.00. The van der Waals surface area contributed by atoms with Crippen molar-refractivity contribution in [2.45, 2.75) is 74.9 Å². The van der Waals surface area contributed by atoms with Crippen LogP contribution in [0.3, 0.4) is 0 Å². The van der Waals surface area contributed by atoms with Crippen LogP contribution in [0.5, 0.6) is 0 Å². The Hall–Kier alpha value is -1.16. The summed E-state index contributed by atoms with van der Waals surface area (Å²) in [6.45, 7) is 7.27. The van der Waals surface area contributed by atoms with E-state index < -0.39 is 42.3 Å². The Labute approximate surface area is 163 Å². The van der Waals surface area contributed by atoms with E-state index in [1.54, 1.807) is 11.8 Å². The number of carbonyl (C=O) groups excluding carboxylic acids is 1. The Kier molecular flexibility index (Phi) is 4.77. The third kappa shape index (κ3) is 3.62. The Morgan fingerprint density at radius 1 is 0.963 bits per heavy atom. The first-order chi connectivity index (χ1) is 12.7. The minimum atomic E-state index is -0.870. The van der Waals surface area contributed by atoms with E-state index in [1.807, 2.05) is 58.2 Å². The van der Waals surface area contributed by atoms with Gasteiger partial charge in [0.1, 0.15) is 18.3 Å². The molecule has 1 N–H and O–H groups in total. The largest absolute Gasteiger partial charge is 0.342 e. The van der Waals surface area contributed by atoms with Gasteiger partial charge < -0.3 is 29.0 Å². The predicted molar refractivity (Wildman–Crippen MR) is 99.4 cm³/mol. The maximum Gasteiger partial charge on any atom is 0.256 e. The average molecular weight is 395 g/mol. The van der Waals surface area contributed by atoms with Crippen LogP contribution in [0.2, 0.25) is 0 Å². The third-order valence-electron chi connectivity index (χ3n) is 4.78. The molecule has 3 heterocycles. The van der Waals surface area contributed by atoms with Crippen molar-refractivity contribution >= 4 is 23.4 Å². The van der Waals surface area contributed by atoms with E-state index >= 15 is 0 Å². The Morgan fingerprint density at radius 2 is 1.59 bits per heavy atom. The van der Waals surface area contributed by atoms with Crippen LogP contribution >= 0.6 is 11.8 Å². The zero-order valence-corrected chi connectivity index (χ0v) is 16.9. The molecule has 0 bridgehead atoms. The molecule has 5 atom stereocenters. The van der Waals surface area contributed by atoms with Crippen LogP contribution in [0, 0.1) is 0 Å². The number of amides is 1. The minimum Gasteiger partial charge on any atom is -0.342 e. The van der Waals surface area contributed by atoms with E-state index in [4.69, 9.17) is 23.7 Å². The number of ether oxygens (including phenoxy) is 5. The lowest BCUT2D eigenvalue weighted by Crippen LogP contribution is -2.58. The molecular weight excluding hydrogens is 370 g/mol. The molecule has 4 rings (SSSR count). The number of rotatable bonds is 3. The summed E-state index contributed by atoms with van der Waals surface area (Å²) in [5.41, 5.74) is 0.736. The lowest BCUT2D eigenvalue weighted by Gasteiger charge is -2.36. The van der Waals surface area contributed by atoms with Crippen LogP contribution in [0.15, 0.2) is 29.2 Å². The quantitative estimate of drug-likeness (QED) is 0.789. The van der Waals surface area contributed by atoms with E-state index in [0.717, 1.165) is 10.6 Å². The van der Waals surface area contributed by atoms with Crippen LogP contribution in [0.4, 0.5) is 5.69 Å². The zero-order valence-electron chi connectivity index (χ0n) is 16.1. The molecule has 0 unspecified atom stereocenters. The smallest absolute Gasteiger partial charge is 0.256 e. The lowest BCUT2D eigenvalue weighted by atomic mass is 9.98. The molecule has 1 aromatic carbocycles. The number of hydrogen-bond acceptors (Lipinski definition) is 7. The van der Waals surface area contributed by atoms with Gasteiger partial charge in [-0.3, -0.25) is 4.79 Å². The highest BCUT2D eigenvalue weighted by Gasteiger charge is 2.62. The molecule has 148 valence electrons. The van der Waals surface area contributed by atoms with Crippen LogP contribution < -0.4 is 5.32 Å². The van der Waals surface area contributed by atoms with Gasteiger partial charge in [-0.15, -0.1) is 11.8 Å². The first kappa shape index (κ1) is 19.2. The van der Waals surface area contributed by atoms with Gasteiger partial charge in [-0.05, 0) is 46.1 Å². The first-order valence-corrected chi connectivity index (χ1v) is 10.2. The number of hydrogen-bond donors (Lipinski definition) is 1. The minimum absolute atomic E-state index is 0.292. The van der Waals surface area contributed by atoms with Crippen molar-refractivity contribution in [3.05, 3.63) is 24.3 Å². The summed E-state index contributed by atoms with van der Waals surface area (Å²) in [5.74, 6) is -1.94. The van der Waals surface area contributed by atoms with E-state index in [-0.39, 0.29) is 5.91 Å². The molecule has 3 fully saturated rings. The van der Waals surface area contributed by atoms with Gasteiger partial charge in [-0.2, -0.15) is 0 Å². The van der Waals surface area contributed by atoms with Crippen molar-refractivity contribution in [2.75, 3.05) is 11.6 Å². The summed E-state index contributed by atoms with van der Waals surface area (Å²) in [7, 11) is 0. The molecule has 27 heavy (non-hydrogen) atoms. The standard InChI is InChI=1S/C19H25NO6S/c1-18(2)23-12-13(24-18)15-17(26-19(3,4)25-15)22-14(12)16(21)20-10-8-6-7-9-11(10)27-5/h6-9,12-15,17H,1-5H3,(H,20,21)/t12-,13-,14+,15-,17+/m1/s1. The van der Waals surface area contributed by atoms with Crippen LogP contribution in [0.1, 0.15) is 27.7 Å². The topological polar surface area (TPSA) is 75.3 Å². The van der Waals surface area contributed by atoms with Crippen molar-refractivity contribution < 1.29 is 28.5 Å². The summed E-state index contributed by atoms with van der Waals surface area (Å²) in [4.78, 5) is 14.0. The van der Waals surface area contributed by atoms with Crippen molar-refractivity contribution in [3.8, 4) is 0 Å². The van der Waals surface area contributed by atoms with E-state index in [2.05, 4.69) is 5.32 Å². The van der Waals surface area contributed by atoms with Crippen molar-refractivity contribution in [1.82, 2.24) is 0 Å². The van der Waals surface area contributed by atoms with Crippen molar-refractivity contribution in [2.24, 2.45) is 0 Å². The molecule has 3 saturated heterocycles.